The molecule has 0 bridgehead atoms. The van der Waals surface area contributed by atoms with E-state index in [2.05, 4.69) is 71.1 Å². The average molecular weight is 420 g/mol. The third kappa shape index (κ3) is 3.69. The summed E-state index contributed by atoms with van der Waals surface area (Å²) in [6.45, 7) is 6.20. The number of aromatic nitrogens is 4. The van der Waals surface area contributed by atoms with Crippen molar-refractivity contribution in [1.82, 2.24) is 19.3 Å². The van der Waals surface area contributed by atoms with Gasteiger partial charge in [-0.3, -0.25) is 14.9 Å². The van der Waals surface area contributed by atoms with Crippen molar-refractivity contribution in [3.8, 4) is 16.9 Å². The second kappa shape index (κ2) is 7.72. The number of nitrogens with zero attached hydrogens (tertiary/aromatic N) is 4. The molecule has 0 aliphatic rings. The van der Waals surface area contributed by atoms with Gasteiger partial charge in [-0.25, -0.2) is 9.67 Å². The number of benzene rings is 1. The molecule has 0 fully saturated rings. The van der Waals surface area contributed by atoms with Crippen LogP contribution in [0.15, 0.2) is 52.6 Å². The first kappa shape index (κ1) is 19.8. The minimum Gasteiger partial charge on any atom is -0.318 e. The lowest BCUT2D eigenvalue weighted by Crippen LogP contribution is -2.23. The monoisotopic (exact) mass is 419 g/mol. The number of thiazole rings is 1. The van der Waals surface area contributed by atoms with Gasteiger partial charge < -0.3 is 4.57 Å². The fourth-order valence-electron chi connectivity index (χ4n) is 3.35. The van der Waals surface area contributed by atoms with Crippen molar-refractivity contribution in [2.45, 2.75) is 20.8 Å². The third-order valence-electron chi connectivity index (χ3n) is 4.92. The first-order valence-electron chi connectivity index (χ1n) is 9.41. The molecule has 1 N–H and O–H groups in total. The highest BCUT2D eigenvalue weighted by Gasteiger charge is 2.16. The quantitative estimate of drug-likeness (QED) is 0.544. The van der Waals surface area contributed by atoms with Gasteiger partial charge in [0.2, 0.25) is 0 Å². The zero-order valence-corrected chi connectivity index (χ0v) is 17.9. The minimum absolute atomic E-state index is 0.159. The van der Waals surface area contributed by atoms with E-state index in [4.69, 9.17) is 0 Å². The topological polar surface area (TPSA) is 81.8 Å². The third-order valence-corrected chi connectivity index (χ3v) is 5.67. The number of hydrogen-bond acceptors (Lipinski definition) is 5. The molecule has 0 radical (unpaired) electrons. The molecule has 3 heterocycles. The molecular weight excluding hydrogens is 398 g/mol. The molecule has 3 aromatic heterocycles. The summed E-state index contributed by atoms with van der Waals surface area (Å²) in [5, 5.41) is 9.13. The number of amides is 1. The van der Waals surface area contributed by atoms with Gasteiger partial charge in [-0.05, 0) is 45.0 Å². The van der Waals surface area contributed by atoms with Crippen LogP contribution < -0.4 is 10.9 Å². The van der Waals surface area contributed by atoms with Crippen LogP contribution in [0.5, 0.6) is 0 Å². The Bertz CT molecular complexity index is 1300. The van der Waals surface area contributed by atoms with Crippen molar-refractivity contribution >= 4 is 22.4 Å². The smallest absolute Gasteiger partial charge is 0.277 e. The Labute approximate surface area is 177 Å². The number of nitrogens with one attached hydrogen (secondary N) is 1. The van der Waals surface area contributed by atoms with Crippen LogP contribution in [0.1, 0.15) is 27.4 Å². The standard InChI is InChI=1S/C22H21N5O2S/c1-13-5-7-16(8-6-13)27-14(2)11-17(15(27)3)19-12-30-22(23-19)24-21(29)18-9-10-20(28)26(4)25-18/h5-12H,1-4H3,(H,23,24,29). The van der Waals surface area contributed by atoms with Crippen LogP contribution in [-0.4, -0.2) is 25.2 Å². The predicted molar refractivity (Wildman–Crippen MR) is 119 cm³/mol. The summed E-state index contributed by atoms with van der Waals surface area (Å²) in [5.41, 5.74) is 6.22. The summed E-state index contributed by atoms with van der Waals surface area (Å²) in [4.78, 5) is 28.5. The van der Waals surface area contributed by atoms with E-state index in [1.165, 1.54) is 36.1 Å². The fraction of sp³-hybridized carbons (Fsp3) is 0.182. The Kier molecular flexibility index (Phi) is 5.09. The molecule has 0 saturated heterocycles. The van der Waals surface area contributed by atoms with E-state index in [0.717, 1.165) is 33.0 Å². The number of anilines is 1. The Morgan fingerprint density at radius 1 is 1.07 bits per heavy atom. The lowest BCUT2D eigenvalue weighted by molar-refractivity contribution is 0.102. The predicted octanol–water partition coefficient (Wildman–Crippen LogP) is 3.87. The molecule has 1 amide bonds. The van der Waals surface area contributed by atoms with Crippen molar-refractivity contribution in [3.63, 3.8) is 0 Å². The van der Waals surface area contributed by atoms with Crippen molar-refractivity contribution in [2.75, 3.05) is 5.32 Å². The van der Waals surface area contributed by atoms with Gasteiger partial charge in [0.15, 0.2) is 5.13 Å². The molecule has 1 aromatic carbocycles. The fourth-order valence-corrected chi connectivity index (χ4v) is 4.06. The summed E-state index contributed by atoms with van der Waals surface area (Å²) in [6.07, 6.45) is 0. The summed E-state index contributed by atoms with van der Waals surface area (Å²) < 4.78 is 3.32. The summed E-state index contributed by atoms with van der Waals surface area (Å²) in [5.74, 6) is -0.406. The molecule has 0 aliphatic carbocycles. The van der Waals surface area contributed by atoms with Crippen LogP contribution in [0.4, 0.5) is 5.13 Å². The van der Waals surface area contributed by atoms with Gasteiger partial charge in [0, 0.05) is 41.1 Å². The summed E-state index contributed by atoms with van der Waals surface area (Å²) >= 11 is 1.35. The highest BCUT2D eigenvalue weighted by Crippen LogP contribution is 2.31. The normalized spacial score (nSPS) is 10.9. The van der Waals surface area contributed by atoms with Crippen LogP contribution in [0.2, 0.25) is 0 Å². The van der Waals surface area contributed by atoms with Gasteiger partial charge >= 0.3 is 0 Å². The van der Waals surface area contributed by atoms with Crippen LogP contribution in [-0.2, 0) is 7.05 Å². The lowest BCUT2D eigenvalue weighted by atomic mass is 10.2. The van der Waals surface area contributed by atoms with Gasteiger partial charge in [0.05, 0.1) is 5.69 Å². The zero-order valence-electron chi connectivity index (χ0n) is 17.1. The molecule has 7 nitrogen and oxygen atoms in total. The molecule has 30 heavy (non-hydrogen) atoms. The molecule has 0 saturated carbocycles. The SMILES string of the molecule is Cc1ccc(-n2c(C)cc(-c3csc(NC(=O)c4ccc(=O)n(C)n4)n3)c2C)cc1. The number of hydrogen-bond donors (Lipinski definition) is 1. The number of aryl methyl sites for hydroxylation is 3. The van der Waals surface area contributed by atoms with E-state index in [-0.39, 0.29) is 11.3 Å². The van der Waals surface area contributed by atoms with Crippen molar-refractivity contribution in [3.05, 3.63) is 80.8 Å². The van der Waals surface area contributed by atoms with Gasteiger partial charge in [-0.1, -0.05) is 17.7 Å². The number of carbonyl (C=O) groups excluding carboxylic acids is 1. The van der Waals surface area contributed by atoms with Gasteiger partial charge in [0.25, 0.3) is 11.5 Å². The molecule has 4 rings (SSSR count). The molecule has 0 atom stereocenters. The highest BCUT2D eigenvalue weighted by molar-refractivity contribution is 7.14. The van der Waals surface area contributed by atoms with Gasteiger partial charge in [-0.2, -0.15) is 5.10 Å². The minimum atomic E-state index is -0.406. The first-order chi connectivity index (χ1) is 14.3. The number of rotatable bonds is 4. The van der Waals surface area contributed by atoms with Crippen LogP contribution in [0, 0.1) is 20.8 Å². The molecular formula is C22H21N5O2S. The number of carbonyl (C=O) groups is 1. The van der Waals surface area contributed by atoms with E-state index < -0.39 is 5.91 Å². The Morgan fingerprint density at radius 3 is 2.50 bits per heavy atom. The average Bonchev–Trinajstić information content (AvgIpc) is 3.28. The van der Waals surface area contributed by atoms with E-state index in [1.54, 1.807) is 0 Å². The molecule has 8 heteroatoms. The maximum Gasteiger partial charge on any atom is 0.277 e. The van der Waals surface area contributed by atoms with Gasteiger partial charge in [-0.15, -0.1) is 11.3 Å². The van der Waals surface area contributed by atoms with Crippen LogP contribution >= 0.6 is 11.3 Å². The maximum absolute atomic E-state index is 12.4. The van der Waals surface area contributed by atoms with Crippen LogP contribution in [0.3, 0.4) is 0 Å². The molecule has 0 unspecified atom stereocenters. The Morgan fingerprint density at radius 2 is 1.80 bits per heavy atom. The molecule has 152 valence electrons. The van der Waals surface area contributed by atoms with E-state index in [0.29, 0.717) is 5.13 Å². The van der Waals surface area contributed by atoms with E-state index in [1.807, 2.05) is 5.38 Å². The Balaban J connectivity index is 1.60. The van der Waals surface area contributed by atoms with Crippen molar-refractivity contribution in [1.29, 1.82) is 0 Å². The summed E-state index contributed by atoms with van der Waals surface area (Å²) in [7, 11) is 1.50. The van der Waals surface area contributed by atoms with E-state index in [9.17, 15) is 9.59 Å². The summed E-state index contributed by atoms with van der Waals surface area (Å²) in [6, 6.07) is 13.2. The van der Waals surface area contributed by atoms with Gasteiger partial charge in [0.1, 0.15) is 5.69 Å². The second-order valence-corrected chi connectivity index (χ2v) is 7.99. The van der Waals surface area contributed by atoms with E-state index >= 15 is 0 Å². The molecule has 4 aromatic rings. The molecule has 0 aliphatic heterocycles. The van der Waals surface area contributed by atoms with Crippen molar-refractivity contribution < 1.29 is 4.79 Å². The zero-order chi connectivity index (χ0) is 21.4. The second-order valence-electron chi connectivity index (χ2n) is 7.13. The lowest BCUT2D eigenvalue weighted by Gasteiger charge is -2.10. The molecule has 0 spiro atoms. The first-order valence-corrected chi connectivity index (χ1v) is 10.3. The highest BCUT2D eigenvalue weighted by atomic mass is 32.1. The van der Waals surface area contributed by atoms with Crippen LogP contribution in [0.25, 0.3) is 16.9 Å². The Hall–Kier alpha value is -3.52. The maximum atomic E-state index is 12.4. The largest absolute Gasteiger partial charge is 0.318 e. The van der Waals surface area contributed by atoms with Crippen molar-refractivity contribution in [2.24, 2.45) is 7.05 Å².